The molecule has 0 unspecified atom stereocenters. The second-order valence-electron chi connectivity index (χ2n) is 7.48. The molecule has 0 aliphatic carbocycles. The lowest BCUT2D eigenvalue weighted by Gasteiger charge is -2.16. The summed E-state index contributed by atoms with van der Waals surface area (Å²) in [5, 5.41) is 9.19. The Morgan fingerprint density at radius 2 is 1.68 bits per heavy atom. The molecule has 1 rings (SSSR count). The topological polar surface area (TPSA) is 73.6 Å². The number of rotatable bonds is 18. The monoisotopic (exact) mass is 396 g/mol. The van der Waals surface area contributed by atoms with Crippen molar-refractivity contribution in [1.29, 1.82) is 0 Å². The number of carbonyl (C=O) groups is 1. The van der Waals surface area contributed by atoms with Gasteiger partial charge < -0.3 is 19.1 Å². The van der Waals surface area contributed by atoms with Crippen molar-refractivity contribution in [3.05, 3.63) is 18.7 Å². The van der Waals surface area contributed by atoms with E-state index in [2.05, 4.69) is 11.9 Å². The first-order valence-corrected chi connectivity index (χ1v) is 11.2. The summed E-state index contributed by atoms with van der Waals surface area (Å²) in [5.74, 6) is 0. The number of imidazole rings is 1. The molecule has 0 aromatic carbocycles. The SMILES string of the molecule is CCCCCCCCCCCC[C@@H](CCO)OC(=O)OCCCn1ccnc1. The number of unbranched alkanes of at least 4 members (excludes halogenated alkanes) is 9. The first-order chi connectivity index (χ1) is 13.8. The number of carbonyl (C=O) groups excluding carboxylic acids is 1. The van der Waals surface area contributed by atoms with E-state index in [1.165, 1.54) is 51.4 Å². The maximum Gasteiger partial charge on any atom is 0.508 e. The van der Waals surface area contributed by atoms with Gasteiger partial charge in [0.1, 0.15) is 6.10 Å². The average molecular weight is 397 g/mol. The molecule has 6 heteroatoms. The molecular weight excluding hydrogens is 356 g/mol. The number of aromatic nitrogens is 2. The summed E-state index contributed by atoms with van der Waals surface area (Å²) in [4.78, 5) is 15.8. The van der Waals surface area contributed by atoms with Crippen LogP contribution in [0.2, 0.25) is 0 Å². The molecule has 0 aliphatic heterocycles. The number of aryl methyl sites for hydroxylation is 1. The van der Waals surface area contributed by atoms with Crippen LogP contribution >= 0.6 is 0 Å². The van der Waals surface area contributed by atoms with Crippen LogP contribution in [-0.4, -0.2) is 40.1 Å². The van der Waals surface area contributed by atoms with Crippen LogP contribution in [-0.2, 0) is 16.0 Å². The van der Waals surface area contributed by atoms with Crippen LogP contribution in [0.3, 0.4) is 0 Å². The van der Waals surface area contributed by atoms with Gasteiger partial charge in [0.05, 0.1) is 12.9 Å². The Labute approximate surface area is 170 Å². The number of aliphatic hydroxyl groups excluding tert-OH is 1. The van der Waals surface area contributed by atoms with Crippen molar-refractivity contribution < 1.29 is 19.4 Å². The van der Waals surface area contributed by atoms with Gasteiger partial charge >= 0.3 is 6.16 Å². The standard InChI is InChI=1S/C22H40N2O4/c1-2-3-4-5-6-7-8-9-10-11-13-21(14-18-25)28-22(26)27-19-12-16-24-17-15-23-20-24/h15,17,20-21,25H,2-14,16,18-19H2,1H3/t21-/m0/s1. The molecule has 0 spiro atoms. The first kappa shape index (κ1) is 24.5. The highest BCUT2D eigenvalue weighted by Crippen LogP contribution is 2.14. The molecule has 0 fully saturated rings. The molecular formula is C22H40N2O4. The maximum absolute atomic E-state index is 11.8. The second-order valence-corrected chi connectivity index (χ2v) is 7.48. The van der Waals surface area contributed by atoms with E-state index in [9.17, 15) is 9.90 Å². The third-order valence-corrected chi connectivity index (χ3v) is 4.93. The molecule has 0 bridgehead atoms. The molecule has 1 aromatic heterocycles. The Morgan fingerprint density at radius 1 is 1.00 bits per heavy atom. The van der Waals surface area contributed by atoms with Crippen LogP contribution in [0.4, 0.5) is 4.79 Å². The molecule has 0 saturated carbocycles. The van der Waals surface area contributed by atoms with E-state index in [-0.39, 0.29) is 12.7 Å². The van der Waals surface area contributed by atoms with E-state index in [1.54, 1.807) is 12.5 Å². The minimum Gasteiger partial charge on any atom is -0.434 e. The van der Waals surface area contributed by atoms with Crippen molar-refractivity contribution in [3.8, 4) is 0 Å². The highest BCUT2D eigenvalue weighted by molar-refractivity contribution is 5.60. The average Bonchev–Trinajstić information content (AvgIpc) is 3.20. The number of ether oxygens (including phenoxy) is 2. The van der Waals surface area contributed by atoms with Crippen LogP contribution < -0.4 is 0 Å². The molecule has 162 valence electrons. The number of aliphatic hydroxyl groups is 1. The van der Waals surface area contributed by atoms with Crippen LogP contribution in [0, 0.1) is 0 Å². The highest BCUT2D eigenvalue weighted by Gasteiger charge is 2.15. The third kappa shape index (κ3) is 13.6. The van der Waals surface area contributed by atoms with Gasteiger partial charge in [0.2, 0.25) is 0 Å². The fraction of sp³-hybridized carbons (Fsp3) is 0.818. The van der Waals surface area contributed by atoms with Gasteiger partial charge in [-0.25, -0.2) is 9.78 Å². The molecule has 0 saturated heterocycles. The predicted molar refractivity (Wildman–Crippen MR) is 111 cm³/mol. The smallest absolute Gasteiger partial charge is 0.434 e. The van der Waals surface area contributed by atoms with Crippen molar-refractivity contribution in [3.63, 3.8) is 0 Å². The van der Waals surface area contributed by atoms with Crippen molar-refractivity contribution >= 4 is 6.16 Å². The van der Waals surface area contributed by atoms with Crippen molar-refractivity contribution in [1.82, 2.24) is 9.55 Å². The van der Waals surface area contributed by atoms with Gasteiger partial charge in [-0.3, -0.25) is 0 Å². The van der Waals surface area contributed by atoms with Crippen molar-refractivity contribution in [2.75, 3.05) is 13.2 Å². The van der Waals surface area contributed by atoms with Gasteiger partial charge in [0, 0.05) is 32.0 Å². The van der Waals surface area contributed by atoms with Crippen molar-refractivity contribution in [2.45, 2.75) is 103 Å². The zero-order valence-electron chi connectivity index (χ0n) is 17.7. The molecule has 1 heterocycles. The quantitative estimate of drug-likeness (QED) is 0.262. The van der Waals surface area contributed by atoms with Crippen LogP contribution in [0.5, 0.6) is 0 Å². The first-order valence-electron chi connectivity index (χ1n) is 11.2. The summed E-state index contributed by atoms with van der Waals surface area (Å²) < 4.78 is 12.4. The Morgan fingerprint density at radius 3 is 2.29 bits per heavy atom. The molecule has 0 amide bonds. The summed E-state index contributed by atoms with van der Waals surface area (Å²) in [5.41, 5.74) is 0. The summed E-state index contributed by atoms with van der Waals surface area (Å²) >= 11 is 0. The lowest BCUT2D eigenvalue weighted by atomic mass is 10.0. The zero-order valence-corrected chi connectivity index (χ0v) is 17.7. The maximum atomic E-state index is 11.8. The Kier molecular flexibility index (Phi) is 15.3. The van der Waals surface area contributed by atoms with Crippen LogP contribution in [0.15, 0.2) is 18.7 Å². The molecule has 0 radical (unpaired) electrons. The van der Waals surface area contributed by atoms with E-state index < -0.39 is 6.16 Å². The Bertz CT molecular complexity index is 465. The summed E-state index contributed by atoms with van der Waals surface area (Å²) in [6.07, 6.45) is 19.2. The van der Waals surface area contributed by atoms with Gasteiger partial charge in [0.25, 0.3) is 0 Å². The van der Waals surface area contributed by atoms with E-state index in [0.717, 1.165) is 25.8 Å². The van der Waals surface area contributed by atoms with Crippen LogP contribution in [0.1, 0.15) is 90.4 Å². The second kappa shape index (κ2) is 17.5. The lowest BCUT2D eigenvalue weighted by Crippen LogP contribution is -2.21. The van der Waals surface area contributed by atoms with Gasteiger partial charge in [-0.1, -0.05) is 64.7 Å². The predicted octanol–water partition coefficient (Wildman–Crippen LogP) is 5.49. The highest BCUT2D eigenvalue weighted by atomic mass is 16.7. The molecule has 1 aromatic rings. The van der Waals surface area contributed by atoms with Gasteiger partial charge in [-0.2, -0.15) is 0 Å². The number of nitrogens with zero attached hydrogens (tertiary/aromatic N) is 2. The summed E-state index contributed by atoms with van der Waals surface area (Å²) in [7, 11) is 0. The third-order valence-electron chi connectivity index (χ3n) is 4.93. The Balaban J connectivity index is 2.01. The minimum absolute atomic E-state index is 0.0241. The lowest BCUT2D eigenvalue weighted by molar-refractivity contribution is 0.0110. The molecule has 0 aliphatic rings. The number of hydrogen-bond donors (Lipinski definition) is 1. The fourth-order valence-corrected chi connectivity index (χ4v) is 3.26. The summed E-state index contributed by atoms with van der Waals surface area (Å²) in [6, 6.07) is 0. The van der Waals surface area contributed by atoms with E-state index in [1.807, 2.05) is 10.8 Å². The Hall–Kier alpha value is -1.56. The molecule has 28 heavy (non-hydrogen) atoms. The minimum atomic E-state index is -0.629. The molecule has 6 nitrogen and oxygen atoms in total. The molecule has 1 atom stereocenters. The van der Waals surface area contributed by atoms with E-state index >= 15 is 0 Å². The van der Waals surface area contributed by atoms with Crippen LogP contribution in [0.25, 0.3) is 0 Å². The zero-order chi connectivity index (χ0) is 20.3. The molecule has 1 N–H and O–H groups in total. The van der Waals surface area contributed by atoms with Crippen molar-refractivity contribution in [2.24, 2.45) is 0 Å². The largest absolute Gasteiger partial charge is 0.508 e. The van der Waals surface area contributed by atoms with E-state index in [4.69, 9.17) is 9.47 Å². The summed E-state index contributed by atoms with van der Waals surface area (Å²) in [6.45, 7) is 3.35. The van der Waals surface area contributed by atoms with E-state index in [0.29, 0.717) is 19.4 Å². The number of hydrogen-bond acceptors (Lipinski definition) is 5. The van der Waals surface area contributed by atoms with Gasteiger partial charge in [-0.05, 0) is 19.3 Å². The fourth-order valence-electron chi connectivity index (χ4n) is 3.26. The van der Waals surface area contributed by atoms with Gasteiger partial charge in [-0.15, -0.1) is 0 Å². The van der Waals surface area contributed by atoms with Gasteiger partial charge in [0.15, 0.2) is 0 Å². The normalized spacial score (nSPS) is 12.1.